The molecule has 9 heteroatoms. The van der Waals surface area contributed by atoms with Crippen LogP contribution in [0.1, 0.15) is 11.6 Å². The molecule has 2 heterocycles. The Hall–Kier alpha value is -4.04. The summed E-state index contributed by atoms with van der Waals surface area (Å²) in [4.78, 5) is 25.3. The maximum Gasteiger partial charge on any atom is 0.319 e. The number of hydrogen-bond donors (Lipinski definition) is 2. The molecule has 1 fully saturated rings. The number of rotatable bonds is 7. The number of urea groups is 1. The standard InChI is InChI=1S/C25H23ClN4O4/c1-4-12-34-24(31)21-15(2)27-25(32)28-23(21)18-14-30(17-8-6-5-7-9-17)29-22(18)16-10-11-20(33-3)19(26)13-16/h4-11,13-14,21,23H,1-2,12H2,3H3,(H2,27,28,32)/t21-,23+/m1/s1. The zero-order valence-corrected chi connectivity index (χ0v) is 19.2. The van der Waals surface area contributed by atoms with Crippen LogP contribution < -0.4 is 15.4 Å². The number of carbonyl (C=O) groups is 2. The van der Waals surface area contributed by atoms with Gasteiger partial charge < -0.3 is 20.1 Å². The lowest BCUT2D eigenvalue weighted by molar-refractivity contribution is -0.147. The Morgan fingerprint density at radius 3 is 2.71 bits per heavy atom. The van der Waals surface area contributed by atoms with Crippen molar-refractivity contribution in [1.82, 2.24) is 20.4 Å². The van der Waals surface area contributed by atoms with Crippen molar-refractivity contribution in [2.45, 2.75) is 6.04 Å². The lowest BCUT2D eigenvalue weighted by Gasteiger charge is -2.33. The molecule has 0 spiro atoms. The second kappa shape index (κ2) is 9.84. The van der Waals surface area contributed by atoms with Crippen LogP contribution in [-0.2, 0) is 9.53 Å². The van der Waals surface area contributed by atoms with E-state index in [4.69, 9.17) is 26.2 Å². The van der Waals surface area contributed by atoms with Crippen LogP contribution in [0.5, 0.6) is 5.75 Å². The SMILES string of the molecule is C=CCOC(=O)[C@@H]1C(=C)NC(=O)N[C@H]1c1cn(-c2ccccc2)nc1-c1ccc(OC)c(Cl)c1. The molecule has 174 valence electrons. The van der Waals surface area contributed by atoms with E-state index in [1.165, 1.54) is 13.2 Å². The van der Waals surface area contributed by atoms with Crippen molar-refractivity contribution in [3.8, 4) is 22.7 Å². The number of halogens is 1. The number of amides is 2. The van der Waals surface area contributed by atoms with Gasteiger partial charge in [-0.15, -0.1) is 0 Å². The molecule has 0 aliphatic carbocycles. The summed E-state index contributed by atoms with van der Waals surface area (Å²) in [6, 6.07) is 13.5. The van der Waals surface area contributed by atoms with Gasteiger partial charge in [0.15, 0.2) is 0 Å². The number of hydrogen-bond acceptors (Lipinski definition) is 5. The van der Waals surface area contributed by atoms with Gasteiger partial charge in [0.25, 0.3) is 0 Å². The first-order chi connectivity index (χ1) is 16.4. The van der Waals surface area contributed by atoms with Crippen LogP contribution >= 0.6 is 11.6 Å². The number of nitrogens with zero attached hydrogens (tertiary/aromatic N) is 2. The van der Waals surface area contributed by atoms with Crippen molar-refractivity contribution in [3.05, 3.63) is 90.2 Å². The fourth-order valence-electron chi connectivity index (χ4n) is 3.82. The Morgan fingerprint density at radius 2 is 2.03 bits per heavy atom. The largest absolute Gasteiger partial charge is 0.495 e. The van der Waals surface area contributed by atoms with Gasteiger partial charge in [0.2, 0.25) is 0 Å². The van der Waals surface area contributed by atoms with E-state index in [0.717, 1.165) is 5.69 Å². The van der Waals surface area contributed by atoms with Crippen LogP contribution in [0.3, 0.4) is 0 Å². The molecule has 0 radical (unpaired) electrons. The van der Waals surface area contributed by atoms with Crippen molar-refractivity contribution >= 4 is 23.6 Å². The Labute approximate surface area is 201 Å². The highest BCUT2D eigenvalue weighted by Crippen LogP contribution is 2.38. The molecule has 1 saturated heterocycles. The molecular formula is C25H23ClN4O4. The van der Waals surface area contributed by atoms with Gasteiger partial charge in [-0.05, 0) is 30.3 Å². The third kappa shape index (κ3) is 4.53. The molecule has 0 unspecified atom stereocenters. The Bertz CT molecular complexity index is 1260. The summed E-state index contributed by atoms with van der Waals surface area (Å²) in [5.74, 6) is -0.920. The molecular weight excluding hydrogens is 456 g/mol. The summed E-state index contributed by atoms with van der Waals surface area (Å²) in [7, 11) is 1.53. The van der Waals surface area contributed by atoms with Crippen molar-refractivity contribution < 1.29 is 19.1 Å². The highest BCUT2D eigenvalue weighted by Gasteiger charge is 2.41. The van der Waals surface area contributed by atoms with Gasteiger partial charge in [0.1, 0.15) is 18.3 Å². The van der Waals surface area contributed by atoms with Gasteiger partial charge >= 0.3 is 12.0 Å². The van der Waals surface area contributed by atoms with Crippen LogP contribution in [-0.4, -0.2) is 35.5 Å². The predicted molar refractivity (Wildman–Crippen MR) is 129 cm³/mol. The first kappa shape index (κ1) is 23.1. The molecule has 2 N–H and O–H groups in total. The van der Waals surface area contributed by atoms with E-state index in [0.29, 0.717) is 27.6 Å². The van der Waals surface area contributed by atoms with E-state index in [1.54, 1.807) is 23.0 Å². The molecule has 0 saturated carbocycles. The number of esters is 1. The van der Waals surface area contributed by atoms with Gasteiger partial charge in [0, 0.05) is 23.0 Å². The van der Waals surface area contributed by atoms with E-state index in [-0.39, 0.29) is 12.3 Å². The average Bonchev–Trinajstić information content (AvgIpc) is 3.28. The minimum atomic E-state index is -0.890. The Kier molecular flexibility index (Phi) is 6.70. The lowest BCUT2D eigenvalue weighted by atomic mass is 9.88. The normalized spacial score (nSPS) is 17.5. The van der Waals surface area contributed by atoms with E-state index < -0.39 is 24.0 Å². The van der Waals surface area contributed by atoms with E-state index >= 15 is 0 Å². The predicted octanol–water partition coefficient (Wildman–Crippen LogP) is 4.41. The zero-order valence-electron chi connectivity index (χ0n) is 18.5. The fraction of sp³-hybridized carbons (Fsp3) is 0.160. The van der Waals surface area contributed by atoms with Crippen LogP contribution in [0, 0.1) is 5.92 Å². The third-order valence-corrected chi connectivity index (χ3v) is 5.69. The minimum absolute atomic E-state index is 0.0352. The maximum atomic E-state index is 12.9. The molecule has 1 aliphatic rings. The number of carbonyl (C=O) groups excluding carboxylic acids is 2. The van der Waals surface area contributed by atoms with Crippen LogP contribution in [0.15, 0.2) is 79.7 Å². The number of aromatic nitrogens is 2. The molecule has 1 aliphatic heterocycles. The number of ether oxygens (including phenoxy) is 2. The van der Waals surface area contributed by atoms with Crippen molar-refractivity contribution in [1.29, 1.82) is 0 Å². The Balaban J connectivity index is 1.87. The van der Waals surface area contributed by atoms with Gasteiger partial charge in [-0.1, -0.05) is 49.0 Å². The first-order valence-corrected chi connectivity index (χ1v) is 10.8. The molecule has 34 heavy (non-hydrogen) atoms. The van der Waals surface area contributed by atoms with Gasteiger partial charge in [-0.2, -0.15) is 5.10 Å². The van der Waals surface area contributed by atoms with E-state index in [1.807, 2.05) is 36.4 Å². The van der Waals surface area contributed by atoms with Gasteiger partial charge in [-0.25, -0.2) is 9.48 Å². The highest BCUT2D eigenvalue weighted by molar-refractivity contribution is 6.32. The van der Waals surface area contributed by atoms with Crippen LogP contribution in [0.2, 0.25) is 5.02 Å². The van der Waals surface area contributed by atoms with Crippen LogP contribution in [0.4, 0.5) is 4.79 Å². The Morgan fingerprint density at radius 1 is 1.26 bits per heavy atom. The molecule has 3 aromatic rings. The van der Waals surface area contributed by atoms with Crippen molar-refractivity contribution in [2.75, 3.05) is 13.7 Å². The molecule has 2 atom stereocenters. The van der Waals surface area contributed by atoms with Gasteiger partial charge in [-0.3, -0.25) is 4.79 Å². The summed E-state index contributed by atoms with van der Waals surface area (Å²) < 4.78 is 12.3. The molecule has 4 rings (SSSR count). The number of benzene rings is 2. The lowest BCUT2D eigenvalue weighted by Crippen LogP contribution is -2.51. The van der Waals surface area contributed by atoms with Gasteiger partial charge in [0.05, 0.1) is 29.6 Å². The topological polar surface area (TPSA) is 94.5 Å². The molecule has 8 nitrogen and oxygen atoms in total. The number of nitrogens with one attached hydrogen (secondary N) is 2. The summed E-state index contributed by atoms with van der Waals surface area (Å²) in [6.07, 6.45) is 3.25. The average molecular weight is 479 g/mol. The monoisotopic (exact) mass is 478 g/mol. The maximum absolute atomic E-state index is 12.9. The fourth-order valence-corrected chi connectivity index (χ4v) is 4.08. The number of methoxy groups -OCH3 is 1. The zero-order chi connectivity index (χ0) is 24.2. The summed E-state index contributed by atoms with van der Waals surface area (Å²) in [5, 5.41) is 10.6. The second-order valence-corrected chi connectivity index (χ2v) is 7.97. The minimum Gasteiger partial charge on any atom is -0.495 e. The summed E-state index contributed by atoms with van der Waals surface area (Å²) >= 11 is 6.39. The first-order valence-electron chi connectivity index (χ1n) is 10.5. The molecule has 0 bridgehead atoms. The summed E-state index contributed by atoms with van der Waals surface area (Å²) in [5.41, 5.74) is 2.86. The second-order valence-electron chi connectivity index (χ2n) is 7.56. The van der Waals surface area contributed by atoms with E-state index in [9.17, 15) is 9.59 Å². The third-order valence-electron chi connectivity index (χ3n) is 5.39. The summed E-state index contributed by atoms with van der Waals surface area (Å²) in [6.45, 7) is 7.50. The molecule has 1 aromatic heterocycles. The highest BCUT2D eigenvalue weighted by atomic mass is 35.5. The van der Waals surface area contributed by atoms with Crippen molar-refractivity contribution in [2.24, 2.45) is 5.92 Å². The molecule has 2 aromatic carbocycles. The quantitative estimate of drug-likeness (QED) is 0.387. The van der Waals surface area contributed by atoms with E-state index in [2.05, 4.69) is 23.8 Å². The molecule has 2 amide bonds. The van der Waals surface area contributed by atoms with Crippen molar-refractivity contribution in [3.63, 3.8) is 0 Å². The van der Waals surface area contributed by atoms with Crippen LogP contribution in [0.25, 0.3) is 16.9 Å². The smallest absolute Gasteiger partial charge is 0.319 e. The number of para-hydroxylation sites is 1.